The van der Waals surface area contributed by atoms with E-state index >= 15 is 0 Å². The lowest BCUT2D eigenvalue weighted by atomic mass is 10.1. The first-order valence-corrected chi connectivity index (χ1v) is 8.04. The van der Waals surface area contributed by atoms with Crippen molar-refractivity contribution < 1.29 is 14.7 Å². The molecule has 126 valence electrons. The van der Waals surface area contributed by atoms with Crippen LogP contribution in [0.1, 0.15) is 31.4 Å². The summed E-state index contributed by atoms with van der Waals surface area (Å²) in [7, 11) is 0. The van der Waals surface area contributed by atoms with Crippen LogP contribution in [-0.2, 0) is 9.59 Å². The molecule has 23 heavy (non-hydrogen) atoms. The number of carboxylic acid groups (broad SMARTS) is 1. The summed E-state index contributed by atoms with van der Waals surface area (Å²) >= 11 is 0. The van der Waals surface area contributed by atoms with Crippen molar-refractivity contribution in [3.8, 4) is 0 Å². The summed E-state index contributed by atoms with van der Waals surface area (Å²) in [5, 5.41) is 8.75. The van der Waals surface area contributed by atoms with Gasteiger partial charge in [0, 0.05) is 38.6 Å². The number of amides is 1. The fourth-order valence-electron chi connectivity index (χ4n) is 2.86. The van der Waals surface area contributed by atoms with E-state index in [-0.39, 0.29) is 18.7 Å². The lowest BCUT2D eigenvalue weighted by molar-refractivity contribution is -0.139. The number of nitrogens with two attached hydrogens (primary N) is 1. The average molecular weight is 319 g/mol. The molecule has 1 saturated heterocycles. The van der Waals surface area contributed by atoms with Crippen molar-refractivity contribution in [2.24, 2.45) is 5.73 Å². The molecule has 1 unspecified atom stereocenters. The van der Waals surface area contributed by atoms with E-state index < -0.39 is 12.0 Å². The second-order valence-electron chi connectivity index (χ2n) is 5.99. The van der Waals surface area contributed by atoms with E-state index in [1.807, 2.05) is 23.1 Å². The minimum absolute atomic E-state index is 0.00582. The maximum absolute atomic E-state index is 12.1. The van der Waals surface area contributed by atoms with Crippen molar-refractivity contribution in [2.75, 3.05) is 26.2 Å². The Labute approximate surface area is 136 Å². The molecule has 1 fully saturated rings. The zero-order valence-electron chi connectivity index (χ0n) is 13.5. The molecule has 0 bridgehead atoms. The third kappa shape index (κ3) is 4.77. The Hall–Kier alpha value is -1.92. The number of hydrogen-bond donors (Lipinski definition) is 2. The number of carboxylic acids is 1. The average Bonchev–Trinajstić information content (AvgIpc) is 2.59. The largest absolute Gasteiger partial charge is 0.480 e. The standard InChI is InChI=1S/C17H25N3O3/c1-13(14-5-3-2-4-6-14)19-9-11-20(12-10-19)16(21)8-7-15(18)17(22)23/h2-6,13,15H,7-12,18H2,1H3,(H,22,23)/t13?,15-/m0/s1. The van der Waals surface area contributed by atoms with Crippen LogP contribution in [0.5, 0.6) is 0 Å². The van der Waals surface area contributed by atoms with Crippen LogP contribution in [0.25, 0.3) is 0 Å². The molecule has 1 aliphatic heterocycles. The van der Waals surface area contributed by atoms with Crippen molar-refractivity contribution in [1.82, 2.24) is 9.80 Å². The van der Waals surface area contributed by atoms with Gasteiger partial charge in [0.2, 0.25) is 5.91 Å². The Bertz CT molecular complexity index is 527. The van der Waals surface area contributed by atoms with Crippen molar-refractivity contribution in [3.63, 3.8) is 0 Å². The third-order valence-electron chi connectivity index (χ3n) is 4.48. The summed E-state index contributed by atoms with van der Waals surface area (Å²) in [6.45, 7) is 5.19. The summed E-state index contributed by atoms with van der Waals surface area (Å²) in [5.41, 5.74) is 6.72. The fourth-order valence-corrected chi connectivity index (χ4v) is 2.86. The number of nitrogens with zero attached hydrogens (tertiary/aromatic N) is 2. The van der Waals surface area contributed by atoms with Gasteiger partial charge >= 0.3 is 5.97 Å². The van der Waals surface area contributed by atoms with Crippen LogP contribution >= 0.6 is 0 Å². The number of carbonyl (C=O) groups is 2. The Kier molecular flexibility index (Phi) is 6.12. The van der Waals surface area contributed by atoms with Gasteiger partial charge in [0.1, 0.15) is 6.04 Å². The van der Waals surface area contributed by atoms with Gasteiger partial charge in [0.25, 0.3) is 0 Å². The highest BCUT2D eigenvalue weighted by atomic mass is 16.4. The lowest BCUT2D eigenvalue weighted by Gasteiger charge is -2.38. The summed E-state index contributed by atoms with van der Waals surface area (Å²) in [6, 6.07) is 9.70. The van der Waals surface area contributed by atoms with E-state index in [0.29, 0.717) is 19.1 Å². The molecule has 1 aromatic carbocycles. The third-order valence-corrected chi connectivity index (χ3v) is 4.48. The van der Waals surface area contributed by atoms with Crippen LogP contribution in [-0.4, -0.2) is 59.0 Å². The van der Waals surface area contributed by atoms with Gasteiger partial charge in [0.05, 0.1) is 0 Å². The van der Waals surface area contributed by atoms with Crippen LogP contribution in [0.15, 0.2) is 30.3 Å². The van der Waals surface area contributed by atoms with Gasteiger partial charge in [-0.1, -0.05) is 30.3 Å². The highest BCUT2D eigenvalue weighted by Gasteiger charge is 2.25. The minimum Gasteiger partial charge on any atom is -0.480 e. The first-order valence-electron chi connectivity index (χ1n) is 8.04. The van der Waals surface area contributed by atoms with E-state index in [1.165, 1.54) is 5.56 Å². The molecule has 1 amide bonds. The molecule has 1 aromatic rings. The smallest absolute Gasteiger partial charge is 0.320 e. The van der Waals surface area contributed by atoms with Gasteiger partial charge in [-0.15, -0.1) is 0 Å². The molecule has 3 N–H and O–H groups in total. The first kappa shape index (κ1) is 17.4. The van der Waals surface area contributed by atoms with E-state index in [1.54, 1.807) is 0 Å². The van der Waals surface area contributed by atoms with Crippen molar-refractivity contribution in [3.05, 3.63) is 35.9 Å². The Morgan fingerprint density at radius 2 is 1.78 bits per heavy atom. The SMILES string of the molecule is CC(c1ccccc1)N1CCN(C(=O)CC[C@H](N)C(=O)O)CC1. The molecule has 0 aliphatic carbocycles. The van der Waals surface area contributed by atoms with E-state index in [0.717, 1.165) is 13.1 Å². The summed E-state index contributed by atoms with van der Waals surface area (Å²) in [4.78, 5) is 27.0. The van der Waals surface area contributed by atoms with Gasteiger partial charge in [-0.3, -0.25) is 14.5 Å². The molecule has 2 atom stereocenters. The zero-order valence-corrected chi connectivity index (χ0v) is 13.5. The van der Waals surface area contributed by atoms with Crippen molar-refractivity contribution in [1.29, 1.82) is 0 Å². The summed E-state index contributed by atoms with van der Waals surface area (Å²) in [6.07, 6.45) is 0.385. The number of benzene rings is 1. The number of piperazine rings is 1. The number of rotatable bonds is 6. The quantitative estimate of drug-likeness (QED) is 0.819. The Balaban J connectivity index is 1.79. The second-order valence-corrected chi connectivity index (χ2v) is 5.99. The normalized spacial score (nSPS) is 18.4. The van der Waals surface area contributed by atoms with Gasteiger partial charge in [0.15, 0.2) is 0 Å². The summed E-state index contributed by atoms with van der Waals surface area (Å²) in [5.74, 6) is -1.06. The molecule has 1 heterocycles. The molecule has 6 nitrogen and oxygen atoms in total. The summed E-state index contributed by atoms with van der Waals surface area (Å²) < 4.78 is 0. The fraction of sp³-hybridized carbons (Fsp3) is 0.529. The van der Waals surface area contributed by atoms with E-state index in [2.05, 4.69) is 24.0 Å². The van der Waals surface area contributed by atoms with Crippen LogP contribution in [0, 0.1) is 0 Å². The topological polar surface area (TPSA) is 86.9 Å². The van der Waals surface area contributed by atoms with Crippen LogP contribution < -0.4 is 5.73 Å². The molecule has 6 heteroatoms. The molecule has 0 spiro atoms. The van der Waals surface area contributed by atoms with Gasteiger partial charge < -0.3 is 15.7 Å². The predicted octanol–water partition coefficient (Wildman–Crippen LogP) is 1.08. The molecular weight excluding hydrogens is 294 g/mol. The van der Waals surface area contributed by atoms with Gasteiger partial charge in [-0.05, 0) is 18.9 Å². The van der Waals surface area contributed by atoms with Crippen LogP contribution in [0.4, 0.5) is 0 Å². The van der Waals surface area contributed by atoms with Crippen molar-refractivity contribution in [2.45, 2.75) is 31.8 Å². The predicted molar refractivity (Wildman–Crippen MR) is 87.9 cm³/mol. The highest BCUT2D eigenvalue weighted by Crippen LogP contribution is 2.21. The Morgan fingerprint density at radius 1 is 1.17 bits per heavy atom. The first-order chi connectivity index (χ1) is 11.0. The minimum atomic E-state index is -1.06. The molecule has 0 saturated carbocycles. The number of aliphatic carboxylic acids is 1. The maximum Gasteiger partial charge on any atom is 0.320 e. The lowest BCUT2D eigenvalue weighted by Crippen LogP contribution is -2.49. The molecule has 1 aliphatic rings. The number of carbonyl (C=O) groups excluding carboxylic acids is 1. The van der Waals surface area contributed by atoms with E-state index in [9.17, 15) is 9.59 Å². The maximum atomic E-state index is 12.1. The highest BCUT2D eigenvalue weighted by molar-refractivity contribution is 5.78. The van der Waals surface area contributed by atoms with Crippen molar-refractivity contribution >= 4 is 11.9 Å². The molecule has 2 rings (SSSR count). The second kappa shape index (κ2) is 8.08. The monoisotopic (exact) mass is 319 g/mol. The molecule has 0 radical (unpaired) electrons. The molecular formula is C17H25N3O3. The molecule has 0 aromatic heterocycles. The number of hydrogen-bond acceptors (Lipinski definition) is 4. The Morgan fingerprint density at radius 3 is 2.35 bits per heavy atom. The van der Waals surface area contributed by atoms with Crippen LogP contribution in [0.2, 0.25) is 0 Å². The van der Waals surface area contributed by atoms with E-state index in [4.69, 9.17) is 10.8 Å². The van der Waals surface area contributed by atoms with Gasteiger partial charge in [-0.2, -0.15) is 0 Å². The van der Waals surface area contributed by atoms with Gasteiger partial charge in [-0.25, -0.2) is 0 Å². The zero-order chi connectivity index (χ0) is 16.8. The van der Waals surface area contributed by atoms with Crippen LogP contribution in [0.3, 0.4) is 0 Å².